The molecule has 0 aliphatic rings. The van der Waals surface area contributed by atoms with Crippen molar-refractivity contribution in [2.24, 2.45) is 11.3 Å². The first-order valence-corrected chi connectivity index (χ1v) is 10.5. The average Bonchev–Trinajstić information content (AvgIpc) is 2.40. The standard InChI is InChI=1S/C17H34Br2/c1-4-5-6-7-8-9-10-11-12-17(14-18,15-19)13-16(2)3/h16H,4-15H2,1-3H3. The summed E-state index contributed by atoms with van der Waals surface area (Å²) in [5.74, 6) is 0.796. The Morgan fingerprint density at radius 1 is 0.789 bits per heavy atom. The molecule has 0 bridgehead atoms. The second kappa shape index (κ2) is 12.7. The molecule has 0 aliphatic carbocycles. The summed E-state index contributed by atoms with van der Waals surface area (Å²) >= 11 is 7.49. The number of halogens is 2. The van der Waals surface area contributed by atoms with Crippen molar-refractivity contribution >= 4 is 31.9 Å². The third-order valence-corrected chi connectivity index (χ3v) is 6.35. The van der Waals surface area contributed by atoms with E-state index < -0.39 is 0 Å². The molecule has 0 nitrogen and oxygen atoms in total. The summed E-state index contributed by atoms with van der Waals surface area (Å²) in [5.41, 5.74) is 0.483. The first kappa shape index (κ1) is 20.0. The summed E-state index contributed by atoms with van der Waals surface area (Å²) in [6.45, 7) is 6.97. The lowest BCUT2D eigenvalue weighted by Gasteiger charge is -2.32. The van der Waals surface area contributed by atoms with Crippen LogP contribution in [0.1, 0.15) is 85.0 Å². The van der Waals surface area contributed by atoms with Gasteiger partial charge in [-0.25, -0.2) is 0 Å². The van der Waals surface area contributed by atoms with Gasteiger partial charge in [0.05, 0.1) is 0 Å². The number of rotatable bonds is 13. The lowest BCUT2D eigenvalue weighted by molar-refractivity contribution is 0.273. The Bertz CT molecular complexity index is 186. The van der Waals surface area contributed by atoms with E-state index in [1.54, 1.807) is 0 Å². The summed E-state index contributed by atoms with van der Waals surface area (Å²) in [7, 11) is 0. The van der Waals surface area contributed by atoms with Gasteiger partial charge in [0.1, 0.15) is 0 Å². The highest BCUT2D eigenvalue weighted by Gasteiger charge is 2.28. The van der Waals surface area contributed by atoms with E-state index in [1.807, 2.05) is 0 Å². The van der Waals surface area contributed by atoms with Crippen LogP contribution in [0.4, 0.5) is 0 Å². The lowest BCUT2D eigenvalue weighted by atomic mass is 9.79. The Hall–Kier alpha value is 0.960. The van der Waals surface area contributed by atoms with Gasteiger partial charge in [0, 0.05) is 10.7 Å². The van der Waals surface area contributed by atoms with E-state index in [0.29, 0.717) is 5.41 Å². The van der Waals surface area contributed by atoms with E-state index in [-0.39, 0.29) is 0 Å². The van der Waals surface area contributed by atoms with E-state index >= 15 is 0 Å². The van der Waals surface area contributed by atoms with E-state index in [2.05, 4.69) is 52.6 Å². The summed E-state index contributed by atoms with van der Waals surface area (Å²) in [4.78, 5) is 0. The van der Waals surface area contributed by atoms with E-state index in [1.165, 1.54) is 64.2 Å². The average molecular weight is 398 g/mol. The monoisotopic (exact) mass is 396 g/mol. The molecule has 0 heterocycles. The molecule has 0 rings (SSSR count). The van der Waals surface area contributed by atoms with Gasteiger partial charge in [-0.15, -0.1) is 0 Å². The third-order valence-electron chi connectivity index (χ3n) is 3.97. The third kappa shape index (κ3) is 10.3. The van der Waals surface area contributed by atoms with Crippen molar-refractivity contribution in [3.05, 3.63) is 0 Å². The SMILES string of the molecule is CCCCCCCCCCC(CBr)(CBr)CC(C)C. The second-order valence-electron chi connectivity index (χ2n) is 6.59. The zero-order valence-electron chi connectivity index (χ0n) is 13.3. The summed E-state index contributed by atoms with van der Waals surface area (Å²) in [5, 5.41) is 2.28. The van der Waals surface area contributed by atoms with Crippen LogP contribution >= 0.6 is 31.9 Å². The summed E-state index contributed by atoms with van der Waals surface area (Å²) in [6, 6.07) is 0. The largest absolute Gasteiger partial charge is 0.0922 e. The van der Waals surface area contributed by atoms with Crippen LogP contribution in [0, 0.1) is 11.3 Å². The smallest absolute Gasteiger partial charge is 0.00960 e. The van der Waals surface area contributed by atoms with Gasteiger partial charge < -0.3 is 0 Å². The van der Waals surface area contributed by atoms with Gasteiger partial charge in [-0.3, -0.25) is 0 Å². The highest BCUT2D eigenvalue weighted by atomic mass is 79.9. The molecular formula is C17H34Br2. The Balaban J connectivity index is 3.70. The molecule has 0 aromatic rings. The van der Waals surface area contributed by atoms with E-state index in [0.717, 1.165) is 16.6 Å². The fraction of sp³-hybridized carbons (Fsp3) is 1.00. The van der Waals surface area contributed by atoms with Gasteiger partial charge in [0.25, 0.3) is 0 Å². The van der Waals surface area contributed by atoms with E-state index in [4.69, 9.17) is 0 Å². The van der Waals surface area contributed by atoms with Crippen molar-refractivity contribution in [3.63, 3.8) is 0 Å². The van der Waals surface area contributed by atoms with Crippen LogP contribution in [0.5, 0.6) is 0 Å². The van der Waals surface area contributed by atoms with Gasteiger partial charge in [-0.05, 0) is 24.2 Å². The highest BCUT2D eigenvalue weighted by molar-refractivity contribution is 9.09. The van der Waals surface area contributed by atoms with Gasteiger partial charge in [-0.2, -0.15) is 0 Å². The quantitative estimate of drug-likeness (QED) is 0.225. The number of hydrogen-bond donors (Lipinski definition) is 0. The second-order valence-corrected chi connectivity index (χ2v) is 7.71. The molecule has 0 spiro atoms. The predicted octanol–water partition coefficient (Wildman–Crippen LogP) is 7.34. The number of hydrogen-bond acceptors (Lipinski definition) is 0. The van der Waals surface area contributed by atoms with Crippen LogP contribution < -0.4 is 0 Å². The Morgan fingerprint density at radius 3 is 1.68 bits per heavy atom. The van der Waals surface area contributed by atoms with Crippen LogP contribution in [0.15, 0.2) is 0 Å². The molecule has 116 valence electrons. The van der Waals surface area contributed by atoms with Gasteiger partial charge >= 0.3 is 0 Å². The molecule has 0 aromatic carbocycles. The van der Waals surface area contributed by atoms with Crippen molar-refractivity contribution in [2.75, 3.05) is 10.7 Å². The van der Waals surface area contributed by atoms with Gasteiger partial charge in [0.2, 0.25) is 0 Å². The number of unbranched alkanes of at least 4 members (excludes halogenated alkanes) is 7. The fourth-order valence-corrected chi connectivity index (χ4v) is 4.83. The van der Waals surface area contributed by atoms with Crippen molar-refractivity contribution < 1.29 is 0 Å². The van der Waals surface area contributed by atoms with Gasteiger partial charge in [0.15, 0.2) is 0 Å². The zero-order chi connectivity index (χ0) is 14.6. The molecule has 0 fully saturated rings. The van der Waals surface area contributed by atoms with Crippen LogP contribution in [-0.2, 0) is 0 Å². The molecular weight excluding hydrogens is 364 g/mol. The van der Waals surface area contributed by atoms with Crippen LogP contribution in [0.2, 0.25) is 0 Å². The minimum atomic E-state index is 0.483. The minimum Gasteiger partial charge on any atom is -0.0922 e. The first-order valence-electron chi connectivity index (χ1n) is 8.22. The molecule has 0 saturated carbocycles. The molecule has 0 radical (unpaired) electrons. The fourth-order valence-electron chi connectivity index (χ4n) is 2.88. The molecule has 0 saturated heterocycles. The van der Waals surface area contributed by atoms with Crippen LogP contribution in [0.25, 0.3) is 0 Å². The van der Waals surface area contributed by atoms with Crippen LogP contribution in [-0.4, -0.2) is 10.7 Å². The molecule has 0 aromatic heterocycles. The lowest BCUT2D eigenvalue weighted by Crippen LogP contribution is -2.26. The molecule has 19 heavy (non-hydrogen) atoms. The normalized spacial score (nSPS) is 12.3. The molecule has 2 heteroatoms. The highest BCUT2D eigenvalue weighted by Crippen LogP contribution is 2.36. The van der Waals surface area contributed by atoms with Crippen molar-refractivity contribution in [3.8, 4) is 0 Å². The Morgan fingerprint density at radius 2 is 1.26 bits per heavy atom. The maximum Gasteiger partial charge on any atom is 0.00960 e. The maximum atomic E-state index is 3.74. The summed E-state index contributed by atoms with van der Waals surface area (Å²) < 4.78 is 0. The zero-order valence-corrected chi connectivity index (χ0v) is 16.5. The molecule has 0 atom stereocenters. The van der Waals surface area contributed by atoms with Crippen molar-refractivity contribution in [1.29, 1.82) is 0 Å². The van der Waals surface area contributed by atoms with Gasteiger partial charge in [-0.1, -0.05) is 104 Å². The summed E-state index contributed by atoms with van der Waals surface area (Å²) in [6.07, 6.45) is 14.1. The van der Waals surface area contributed by atoms with E-state index in [9.17, 15) is 0 Å². The first-order chi connectivity index (χ1) is 9.10. The number of alkyl halides is 2. The van der Waals surface area contributed by atoms with Crippen molar-refractivity contribution in [1.82, 2.24) is 0 Å². The topological polar surface area (TPSA) is 0 Å². The van der Waals surface area contributed by atoms with Crippen LogP contribution in [0.3, 0.4) is 0 Å². The molecule has 0 amide bonds. The minimum absolute atomic E-state index is 0.483. The maximum absolute atomic E-state index is 3.74. The van der Waals surface area contributed by atoms with Crippen molar-refractivity contribution in [2.45, 2.75) is 85.0 Å². The predicted molar refractivity (Wildman–Crippen MR) is 96.7 cm³/mol. The molecule has 0 unspecified atom stereocenters. The Kier molecular flexibility index (Phi) is 13.3. The molecule has 0 aliphatic heterocycles. The molecule has 0 N–H and O–H groups in total. The Labute approximate surface area is 138 Å².